The zero-order valence-electron chi connectivity index (χ0n) is 9.42. The molecule has 0 radical (unpaired) electrons. The first-order valence-electron chi connectivity index (χ1n) is 5.00. The van der Waals surface area contributed by atoms with Gasteiger partial charge in [0.2, 0.25) is 0 Å². The maximum Gasteiger partial charge on any atom is 0.287 e. The Balaban J connectivity index is 2.69. The lowest BCUT2D eigenvalue weighted by Crippen LogP contribution is -2.25. The van der Waals surface area contributed by atoms with Crippen molar-refractivity contribution in [3.05, 3.63) is 40.2 Å². The Hall–Kier alpha value is -2.15. The molecule has 0 spiro atoms. The summed E-state index contributed by atoms with van der Waals surface area (Å²) in [7, 11) is 1.58. The van der Waals surface area contributed by atoms with Crippen molar-refractivity contribution >= 4 is 11.6 Å². The molecule has 0 fully saturated rings. The predicted octanol–water partition coefficient (Wildman–Crippen LogP) is 0.178. The van der Waals surface area contributed by atoms with E-state index in [4.69, 9.17) is 5.73 Å². The van der Waals surface area contributed by atoms with Crippen LogP contribution in [0.25, 0.3) is 0 Å². The second kappa shape index (κ2) is 5.80. The fraction of sp³-hybridized carbons (Fsp3) is 0.300. The topological polar surface area (TPSA) is 103 Å². The molecule has 0 saturated heterocycles. The number of aryl methyl sites for hydroxylation is 1. The van der Waals surface area contributed by atoms with Crippen LogP contribution in [0.1, 0.15) is 10.5 Å². The number of nitrogens with two attached hydrogens (primary N) is 1. The van der Waals surface area contributed by atoms with Crippen molar-refractivity contribution in [3.8, 4) is 0 Å². The monoisotopic (exact) mass is 238 g/mol. The van der Waals surface area contributed by atoms with Crippen molar-refractivity contribution in [2.24, 2.45) is 12.8 Å². The first kappa shape index (κ1) is 12.9. The van der Waals surface area contributed by atoms with Crippen molar-refractivity contribution in [2.45, 2.75) is 0 Å². The van der Waals surface area contributed by atoms with E-state index in [0.29, 0.717) is 13.1 Å². The molecule has 1 aromatic rings. The third-order valence-electron chi connectivity index (χ3n) is 2.12. The zero-order chi connectivity index (χ0) is 12.8. The van der Waals surface area contributed by atoms with Gasteiger partial charge in [-0.05, 0) is 0 Å². The lowest BCUT2D eigenvalue weighted by Gasteiger charge is -2.02. The van der Waals surface area contributed by atoms with Crippen LogP contribution in [-0.2, 0) is 7.05 Å². The molecule has 0 aliphatic rings. The highest BCUT2D eigenvalue weighted by Crippen LogP contribution is 2.14. The van der Waals surface area contributed by atoms with Gasteiger partial charge in [-0.25, -0.2) is 0 Å². The Morgan fingerprint density at radius 3 is 2.88 bits per heavy atom. The summed E-state index contributed by atoms with van der Waals surface area (Å²) in [5.41, 5.74) is 5.38. The molecular formula is C10H14N4O3. The number of aromatic nitrogens is 1. The van der Waals surface area contributed by atoms with Gasteiger partial charge >= 0.3 is 0 Å². The van der Waals surface area contributed by atoms with Gasteiger partial charge in [-0.15, -0.1) is 0 Å². The Kier molecular flexibility index (Phi) is 4.41. The summed E-state index contributed by atoms with van der Waals surface area (Å²) in [6.45, 7) is 0.751. The number of hydrogen-bond acceptors (Lipinski definition) is 4. The SMILES string of the molecule is Cn1cc([N+](=O)[O-])cc1C(=O)NC/C=C/CN. The number of rotatable bonds is 5. The molecule has 92 valence electrons. The Labute approximate surface area is 98.1 Å². The van der Waals surface area contributed by atoms with E-state index in [2.05, 4.69) is 5.32 Å². The summed E-state index contributed by atoms with van der Waals surface area (Å²) in [6, 6.07) is 1.24. The van der Waals surface area contributed by atoms with Gasteiger partial charge in [-0.2, -0.15) is 0 Å². The number of nitrogens with zero attached hydrogens (tertiary/aromatic N) is 2. The molecule has 1 rings (SSSR count). The molecule has 7 heteroatoms. The minimum absolute atomic E-state index is 0.102. The second-order valence-corrected chi connectivity index (χ2v) is 3.37. The maximum atomic E-state index is 11.6. The average Bonchev–Trinajstić information content (AvgIpc) is 2.67. The van der Waals surface area contributed by atoms with Crippen LogP contribution in [0.3, 0.4) is 0 Å². The summed E-state index contributed by atoms with van der Waals surface area (Å²) in [5.74, 6) is -0.359. The second-order valence-electron chi connectivity index (χ2n) is 3.37. The van der Waals surface area contributed by atoms with Crippen molar-refractivity contribution in [3.63, 3.8) is 0 Å². The van der Waals surface area contributed by atoms with Crippen molar-refractivity contribution in [2.75, 3.05) is 13.1 Å². The summed E-state index contributed by atoms with van der Waals surface area (Å²) >= 11 is 0. The quantitative estimate of drug-likeness (QED) is 0.433. The van der Waals surface area contributed by atoms with E-state index < -0.39 is 4.92 Å². The number of hydrogen-bond donors (Lipinski definition) is 2. The first-order chi connectivity index (χ1) is 8.06. The normalized spacial score (nSPS) is 10.7. The lowest BCUT2D eigenvalue weighted by molar-refractivity contribution is -0.384. The standard InChI is InChI=1S/C10H14N4O3/c1-13-7-8(14(16)17)6-9(13)10(15)12-5-3-2-4-11/h2-3,6-7H,4-5,11H2,1H3,(H,12,15)/b3-2+. The van der Waals surface area contributed by atoms with Crippen LogP contribution in [0.15, 0.2) is 24.4 Å². The van der Waals surface area contributed by atoms with Crippen LogP contribution in [0.5, 0.6) is 0 Å². The van der Waals surface area contributed by atoms with Gasteiger partial charge in [0, 0.05) is 26.2 Å². The summed E-state index contributed by atoms with van der Waals surface area (Å²) < 4.78 is 1.42. The van der Waals surface area contributed by atoms with Crippen LogP contribution in [0, 0.1) is 10.1 Å². The van der Waals surface area contributed by atoms with Crippen LogP contribution < -0.4 is 11.1 Å². The van der Waals surface area contributed by atoms with Gasteiger partial charge < -0.3 is 15.6 Å². The van der Waals surface area contributed by atoms with Crippen LogP contribution in [-0.4, -0.2) is 28.5 Å². The van der Waals surface area contributed by atoms with Gasteiger partial charge in [-0.1, -0.05) is 12.2 Å². The molecular weight excluding hydrogens is 224 g/mol. The van der Waals surface area contributed by atoms with Crippen LogP contribution in [0.2, 0.25) is 0 Å². The third-order valence-corrected chi connectivity index (χ3v) is 2.12. The predicted molar refractivity (Wildman–Crippen MR) is 62.6 cm³/mol. The molecule has 1 aromatic heterocycles. The first-order valence-corrected chi connectivity index (χ1v) is 5.00. The van der Waals surface area contributed by atoms with E-state index in [1.165, 1.54) is 16.8 Å². The highest BCUT2D eigenvalue weighted by atomic mass is 16.6. The number of amides is 1. The molecule has 0 aliphatic carbocycles. The molecule has 17 heavy (non-hydrogen) atoms. The number of carbonyl (C=O) groups is 1. The fourth-order valence-electron chi connectivity index (χ4n) is 1.29. The molecule has 0 aliphatic heterocycles. The minimum atomic E-state index is -0.537. The van der Waals surface area contributed by atoms with Gasteiger partial charge in [-0.3, -0.25) is 14.9 Å². The smallest absolute Gasteiger partial charge is 0.287 e. The minimum Gasteiger partial charge on any atom is -0.347 e. The largest absolute Gasteiger partial charge is 0.347 e. The molecule has 0 saturated carbocycles. The summed E-state index contributed by atoms with van der Waals surface area (Å²) in [5, 5.41) is 13.1. The molecule has 3 N–H and O–H groups in total. The number of carbonyl (C=O) groups excluding carboxylic acids is 1. The van der Waals surface area contributed by atoms with Crippen LogP contribution >= 0.6 is 0 Å². The van der Waals surface area contributed by atoms with Crippen LogP contribution in [0.4, 0.5) is 5.69 Å². The fourth-order valence-corrected chi connectivity index (χ4v) is 1.29. The summed E-state index contributed by atoms with van der Waals surface area (Å²) in [4.78, 5) is 21.6. The number of nitrogens with one attached hydrogen (secondary N) is 1. The summed E-state index contributed by atoms with van der Waals surface area (Å²) in [6.07, 6.45) is 4.73. The van der Waals surface area contributed by atoms with E-state index in [1.54, 1.807) is 19.2 Å². The van der Waals surface area contributed by atoms with E-state index in [9.17, 15) is 14.9 Å². The van der Waals surface area contributed by atoms with E-state index in [1.807, 2.05) is 0 Å². The van der Waals surface area contributed by atoms with Gasteiger partial charge in [0.05, 0.1) is 11.1 Å². The Bertz CT molecular complexity index is 450. The number of nitro groups is 1. The highest BCUT2D eigenvalue weighted by Gasteiger charge is 2.16. The van der Waals surface area contributed by atoms with E-state index in [-0.39, 0.29) is 17.3 Å². The van der Waals surface area contributed by atoms with Gasteiger partial charge in [0.15, 0.2) is 0 Å². The van der Waals surface area contributed by atoms with Crippen molar-refractivity contribution in [1.29, 1.82) is 0 Å². The molecule has 7 nitrogen and oxygen atoms in total. The molecule has 0 atom stereocenters. The zero-order valence-corrected chi connectivity index (χ0v) is 9.42. The van der Waals surface area contributed by atoms with Gasteiger partial charge in [0.1, 0.15) is 5.69 Å². The van der Waals surface area contributed by atoms with Crippen molar-refractivity contribution in [1.82, 2.24) is 9.88 Å². The maximum absolute atomic E-state index is 11.6. The van der Waals surface area contributed by atoms with Gasteiger partial charge in [0.25, 0.3) is 11.6 Å². The highest BCUT2D eigenvalue weighted by molar-refractivity contribution is 5.93. The Morgan fingerprint density at radius 1 is 1.65 bits per heavy atom. The molecule has 0 bridgehead atoms. The molecule has 0 unspecified atom stereocenters. The lowest BCUT2D eigenvalue weighted by atomic mass is 10.3. The average molecular weight is 238 g/mol. The molecule has 1 heterocycles. The van der Waals surface area contributed by atoms with E-state index in [0.717, 1.165) is 0 Å². The Morgan fingerprint density at radius 2 is 2.35 bits per heavy atom. The molecule has 0 aromatic carbocycles. The molecule has 1 amide bonds. The third kappa shape index (κ3) is 3.42. The van der Waals surface area contributed by atoms with E-state index >= 15 is 0 Å². The van der Waals surface area contributed by atoms with Crippen molar-refractivity contribution < 1.29 is 9.72 Å².